The third-order valence-corrected chi connectivity index (χ3v) is 2.93. The van der Waals surface area contributed by atoms with Crippen LogP contribution < -0.4 is 11.5 Å². The van der Waals surface area contributed by atoms with Gasteiger partial charge in [-0.2, -0.15) is 0 Å². The summed E-state index contributed by atoms with van der Waals surface area (Å²) in [4.78, 5) is 7.49. The van der Waals surface area contributed by atoms with Gasteiger partial charge in [-0.1, -0.05) is 29.3 Å². The van der Waals surface area contributed by atoms with Crippen molar-refractivity contribution < 1.29 is 5.76 Å². The third-order valence-electron chi connectivity index (χ3n) is 1.56. The van der Waals surface area contributed by atoms with E-state index in [2.05, 4.69) is 50.7 Å². The van der Waals surface area contributed by atoms with E-state index in [1.807, 2.05) is 0 Å². The van der Waals surface area contributed by atoms with Crippen molar-refractivity contribution in [3.8, 4) is 0 Å². The molecule has 0 bridgehead atoms. The summed E-state index contributed by atoms with van der Waals surface area (Å²) in [6, 6.07) is 8.55. The summed E-state index contributed by atoms with van der Waals surface area (Å²) in [5.74, 6) is 0.890. The summed E-state index contributed by atoms with van der Waals surface area (Å²) >= 11 is 17.4. The first kappa shape index (κ1) is 21.1. The number of aromatic nitrogens is 2. The van der Waals surface area contributed by atoms with Crippen LogP contribution in [0.3, 0.4) is 0 Å². The van der Waals surface area contributed by atoms with Crippen molar-refractivity contribution in [3.05, 3.63) is 45.1 Å². The number of thiol groups is 1. The molecule has 0 atom stereocenters. The van der Waals surface area contributed by atoms with Crippen LogP contribution in [0.2, 0.25) is 10.3 Å². The fourth-order valence-corrected chi connectivity index (χ4v) is 1.41. The van der Waals surface area contributed by atoms with E-state index < -0.39 is 7.15 Å². The first-order valence-corrected chi connectivity index (χ1v) is 7.12. The molecule has 2 aromatic rings. The molecule has 0 spiro atoms. The molecule has 0 aromatic carbocycles. The van der Waals surface area contributed by atoms with Crippen LogP contribution in [-0.2, 0) is 0 Å². The zero-order chi connectivity index (χ0) is 18.3. The molecule has 0 amide bonds. The Morgan fingerprint density at radius 2 is 1.77 bits per heavy atom. The number of nitrogens with two attached hydrogens (primary N) is 2. The van der Waals surface area contributed by atoms with Crippen molar-refractivity contribution in [2.45, 2.75) is 0 Å². The number of nitrogens with zero attached hydrogens (tertiary/aromatic N) is 3. The molecular weight excluding hydrogens is 415 g/mol. The molecular formula is C11H13BBrCl2FN5S. The maximum atomic E-state index is 9.96. The molecule has 2 rings (SSSR count). The second-order valence-electron chi connectivity index (χ2n) is 3.01. The van der Waals surface area contributed by atoms with Gasteiger partial charge < -0.3 is 11.5 Å². The van der Waals surface area contributed by atoms with Crippen LogP contribution in [0.25, 0.3) is 0 Å². The molecule has 5 nitrogen and oxygen atoms in total. The standard InChI is InChI=1S/C5H4BrClN2.C5H5ClN2.CH3F.BHNS/c6-3-1-2-4(8)9-5(3)7;6-4-2-1-3-5(7)8-4;1-2;1-2-3/h1-2H,(H2,8,9);1-3H,(H2,7,8);1H3;3H/i;;1D;. The van der Waals surface area contributed by atoms with Crippen LogP contribution in [0.1, 0.15) is 1.37 Å². The quantitative estimate of drug-likeness (QED) is 0.334. The molecule has 0 aliphatic heterocycles. The Labute approximate surface area is 154 Å². The molecule has 0 fully saturated rings. The van der Waals surface area contributed by atoms with Gasteiger partial charge in [0, 0.05) is 0 Å². The van der Waals surface area contributed by atoms with E-state index in [1.165, 1.54) is 0 Å². The predicted molar refractivity (Wildman–Crippen MR) is 99.2 cm³/mol. The summed E-state index contributed by atoms with van der Waals surface area (Å²) in [7, 11) is 3.34. The average molecular weight is 429 g/mol. The molecule has 0 aliphatic rings. The van der Waals surface area contributed by atoms with Gasteiger partial charge in [0.15, 0.2) is 0 Å². The van der Waals surface area contributed by atoms with Gasteiger partial charge in [0.1, 0.15) is 21.9 Å². The Hall–Kier alpha value is -0.895. The van der Waals surface area contributed by atoms with Gasteiger partial charge in [-0.3, -0.25) is 4.39 Å². The van der Waals surface area contributed by atoms with Crippen molar-refractivity contribution in [1.29, 1.82) is 0 Å². The molecule has 2 heterocycles. The van der Waals surface area contributed by atoms with Crippen molar-refractivity contribution in [2.75, 3.05) is 18.6 Å². The number of halogens is 4. The maximum absolute atomic E-state index is 9.96. The van der Waals surface area contributed by atoms with Crippen LogP contribution >= 0.6 is 51.9 Å². The molecule has 1 radical (unpaired) electrons. The summed E-state index contributed by atoms with van der Waals surface area (Å²) < 4.78 is 19.0. The van der Waals surface area contributed by atoms with E-state index in [0.717, 1.165) is 4.47 Å². The van der Waals surface area contributed by atoms with Crippen LogP contribution in [0.5, 0.6) is 0 Å². The van der Waals surface area contributed by atoms with Crippen LogP contribution in [-0.4, -0.2) is 24.8 Å². The number of rotatable bonds is 0. The minimum atomic E-state index is -1.00. The second kappa shape index (κ2) is 15.0. The fourth-order valence-electron chi connectivity index (χ4n) is 0.855. The second-order valence-corrected chi connectivity index (χ2v) is 4.84. The van der Waals surface area contributed by atoms with Crippen molar-refractivity contribution in [1.82, 2.24) is 9.97 Å². The van der Waals surface area contributed by atoms with Gasteiger partial charge in [0.05, 0.1) is 13.0 Å². The zero-order valence-electron chi connectivity index (χ0n) is 12.1. The molecule has 22 heavy (non-hydrogen) atoms. The average Bonchev–Trinajstić information content (AvgIpc) is 2.45. The summed E-state index contributed by atoms with van der Waals surface area (Å²) in [6.45, 7) is 0. The number of anilines is 2. The molecule has 11 heteroatoms. The van der Waals surface area contributed by atoms with Crippen molar-refractivity contribution >= 4 is 71.2 Å². The van der Waals surface area contributed by atoms with E-state index in [1.54, 1.807) is 30.3 Å². The summed E-state index contributed by atoms with van der Waals surface area (Å²) in [5.41, 5.74) is 10.6. The molecule has 119 valence electrons. The first-order chi connectivity index (χ1) is 10.8. The van der Waals surface area contributed by atoms with Crippen LogP contribution in [0.4, 0.5) is 16.0 Å². The normalized spacial score (nSPS) is 8.64. The Kier molecular flexibility index (Phi) is 14.4. The minimum absolute atomic E-state index is 0.398. The molecule has 2 aromatic heterocycles. The Morgan fingerprint density at radius 1 is 1.27 bits per heavy atom. The summed E-state index contributed by atoms with van der Waals surface area (Å²) in [5, 5.41) is 0.833. The van der Waals surface area contributed by atoms with Gasteiger partial charge in [-0.25, -0.2) is 9.97 Å². The number of alkyl halides is 1. The van der Waals surface area contributed by atoms with Gasteiger partial charge in [0.2, 0.25) is 0 Å². The van der Waals surface area contributed by atoms with Crippen molar-refractivity contribution in [3.63, 3.8) is 0 Å². The summed E-state index contributed by atoms with van der Waals surface area (Å²) in [6.07, 6.45) is 0. The topological polar surface area (TPSA) is 90.2 Å². The number of hydrogen-bond donors (Lipinski definition) is 3. The van der Waals surface area contributed by atoms with Gasteiger partial charge in [-0.15, -0.1) is 0 Å². The van der Waals surface area contributed by atoms with Crippen molar-refractivity contribution in [2.24, 2.45) is 4.30 Å². The molecule has 0 unspecified atom stereocenters. The van der Waals surface area contributed by atoms with Gasteiger partial charge in [-0.05, 0) is 40.2 Å². The van der Waals surface area contributed by atoms with E-state index in [0.29, 0.717) is 21.9 Å². The number of nitrogen functional groups attached to an aromatic ring is 2. The molecule has 0 saturated carbocycles. The van der Waals surface area contributed by atoms with E-state index in [9.17, 15) is 4.39 Å². The fraction of sp³-hybridized carbons (Fsp3) is 0.0909. The predicted octanol–water partition coefficient (Wildman–Crippen LogP) is 4.17. The molecule has 0 saturated heterocycles. The van der Waals surface area contributed by atoms with Gasteiger partial charge >= 0.3 is 24.8 Å². The van der Waals surface area contributed by atoms with Crippen LogP contribution in [0.15, 0.2) is 39.1 Å². The first-order valence-electron chi connectivity index (χ1n) is 5.88. The van der Waals surface area contributed by atoms with E-state index in [4.69, 9.17) is 36.0 Å². The Balaban J connectivity index is 0. The molecule has 0 aliphatic carbocycles. The van der Waals surface area contributed by atoms with Gasteiger partial charge in [0.25, 0.3) is 0 Å². The number of hydrogen-bond acceptors (Lipinski definition) is 6. The Bertz CT molecular complexity index is 571. The third kappa shape index (κ3) is 12.8. The zero-order valence-corrected chi connectivity index (χ0v) is 15.1. The Morgan fingerprint density at radius 3 is 2.09 bits per heavy atom. The monoisotopic (exact) mass is 427 g/mol. The van der Waals surface area contributed by atoms with E-state index in [-0.39, 0.29) is 0 Å². The number of pyridine rings is 2. The SMILES string of the molecule is Nc1ccc(Br)c(Cl)n1.Nc1cccc(Cl)n1.[2H]CF.[B]=NS. The van der Waals surface area contributed by atoms with E-state index >= 15 is 0 Å². The molecule has 4 N–H and O–H groups in total. The van der Waals surface area contributed by atoms with Crippen LogP contribution in [0, 0.1) is 0 Å².